The number of aliphatic hydroxyl groups excluding tert-OH is 1. The summed E-state index contributed by atoms with van der Waals surface area (Å²) in [5, 5.41) is 9.63. The number of likely N-dealkylation sites (tertiary alicyclic amines) is 1. The molecule has 2 atom stereocenters. The Bertz CT molecular complexity index is 286. The summed E-state index contributed by atoms with van der Waals surface area (Å²) >= 11 is 0. The molecule has 0 saturated carbocycles. The SMILES string of the molecule is CN1CC[C@@H](O)C[C@H]1c1ccccc1. The van der Waals surface area contributed by atoms with Gasteiger partial charge >= 0.3 is 0 Å². The minimum atomic E-state index is -0.128. The van der Waals surface area contributed by atoms with E-state index in [1.54, 1.807) is 0 Å². The Labute approximate surface area is 85.2 Å². The highest BCUT2D eigenvalue weighted by molar-refractivity contribution is 5.19. The van der Waals surface area contributed by atoms with Crippen molar-refractivity contribution in [2.24, 2.45) is 0 Å². The van der Waals surface area contributed by atoms with Gasteiger partial charge in [-0.15, -0.1) is 0 Å². The normalized spacial score (nSPS) is 29.0. The lowest BCUT2D eigenvalue weighted by atomic mass is 9.94. The number of benzene rings is 1. The van der Waals surface area contributed by atoms with Gasteiger partial charge in [0, 0.05) is 12.6 Å². The Hall–Kier alpha value is -0.860. The van der Waals surface area contributed by atoms with Crippen LogP contribution in [0, 0.1) is 0 Å². The maximum absolute atomic E-state index is 9.63. The Morgan fingerprint density at radius 2 is 2.00 bits per heavy atom. The minimum Gasteiger partial charge on any atom is -0.393 e. The summed E-state index contributed by atoms with van der Waals surface area (Å²) in [4.78, 5) is 2.32. The van der Waals surface area contributed by atoms with Crippen molar-refractivity contribution in [3.8, 4) is 0 Å². The smallest absolute Gasteiger partial charge is 0.0570 e. The van der Waals surface area contributed by atoms with E-state index in [0.29, 0.717) is 6.04 Å². The van der Waals surface area contributed by atoms with E-state index in [9.17, 15) is 5.11 Å². The summed E-state index contributed by atoms with van der Waals surface area (Å²) in [5.74, 6) is 0. The van der Waals surface area contributed by atoms with Crippen molar-refractivity contribution < 1.29 is 5.11 Å². The molecule has 1 heterocycles. The zero-order valence-electron chi connectivity index (χ0n) is 8.56. The monoisotopic (exact) mass is 191 g/mol. The Morgan fingerprint density at radius 3 is 2.71 bits per heavy atom. The Balaban J connectivity index is 2.16. The summed E-state index contributed by atoms with van der Waals surface area (Å²) in [6, 6.07) is 10.8. The molecule has 0 aromatic heterocycles. The van der Waals surface area contributed by atoms with Gasteiger partial charge in [0.2, 0.25) is 0 Å². The van der Waals surface area contributed by atoms with E-state index < -0.39 is 0 Å². The third-order valence-corrected chi connectivity index (χ3v) is 3.03. The fourth-order valence-corrected chi connectivity index (χ4v) is 2.13. The summed E-state index contributed by atoms with van der Waals surface area (Å²) in [6.45, 7) is 0.987. The van der Waals surface area contributed by atoms with Gasteiger partial charge in [-0.25, -0.2) is 0 Å². The lowest BCUT2D eigenvalue weighted by Gasteiger charge is -2.35. The predicted octanol–water partition coefficient (Wildman–Crippen LogP) is 1.81. The van der Waals surface area contributed by atoms with Crippen molar-refractivity contribution in [3.63, 3.8) is 0 Å². The van der Waals surface area contributed by atoms with Crippen LogP contribution in [0.15, 0.2) is 30.3 Å². The fourth-order valence-electron chi connectivity index (χ4n) is 2.13. The molecule has 1 aromatic rings. The first-order valence-corrected chi connectivity index (χ1v) is 5.20. The number of hydrogen-bond donors (Lipinski definition) is 1. The average Bonchev–Trinajstić information content (AvgIpc) is 2.23. The van der Waals surface area contributed by atoms with Crippen molar-refractivity contribution in [3.05, 3.63) is 35.9 Å². The molecule has 1 N–H and O–H groups in total. The van der Waals surface area contributed by atoms with Crippen LogP contribution in [0.1, 0.15) is 24.4 Å². The van der Waals surface area contributed by atoms with Crippen LogP contribution in [-0.2, 0) is 0 Å². The maximum Gasteiger partial charge on any atom is 0.0570 e. The quantitative estimate of drug-likeness (QED) is 0.732. The molecule has 1 aromatic carbocycles. The molecule has 1 fully saturated rings. The third kappa shape index (κ3) is 1.97. The van der Waals surface area contributed by atoms with Crippen LogP contribution in [0.3, 0.4) is 0 Å². The van der Waals surface area contributed by atoms with Gasteiger partial charge in [-0.05, 0) is 25.5 Å². The molecule has 1 saturated heterocycles. The molecule has 14 heavy (non-hydrogen) atoms. The van der Waals surface area contributed by atoms with Crippen LogP contribution in [0.4, 0.5) is 0 Å². The molecule has 0 spiro atoms. The summed E-state index contributed by atoms with van der Waals surface area (Å²) in [7, 11) is 2.13. The number of rotatable bonds is 1. The highest BCUT2D eigenvalue weighted by Crippen LogP contribution is 2.29. The second kappa shape index (κ2) is 4.11. The van der Waals surface area contributed by atoms with Crippen molar-refractivity contribution in [2.45, 2.75) is 25.0 Å². The Morgan fingerprint density at radius 1 is 1.29 bits per heavy atom. The first-order valence-electron chi connectivity index (χ1n) is 5.20. The molecule has 2 rings (SSSR count). The lowest BCUT2D eigenvalue weighted by Crippen LogP contribution is -2.35. The van der Waals surface area contributed by atoms with Crippen molar-refractivity contribution in [1.82, 2.24) is 4.90 Å². The fraction of sp³-hybridized carbons (Fsp3) is 0.500. The van der Waals surface area contributed by atoms with Crippen molar-refractivity contribution in [2.75, 3.05) is 13.6 Å². The molecule has 2 heteroatoms. The van der Waals surface area contributed by atoms with Crippen molar-refractivity contribution >= 4 is 0 Å². The predicted molar refractivity (Wildman–Crippen MR) is 57.1 cm³/mol. The Kier molecular flexibility index (Phi) is 2.85. The highest BCUT2D eigenvalue weighted by Gasteiger charge is 2.25. The molecule has 0 amide bonds. The topological polar surface area (TPSA) is 23.5 Å². The number of hydrogen-bond acceptors (Lipinski definition) is 2. The van der Waals surface area contributed by atoms with Crippen LogP contribution in [0.5, 0.6) is 0 Å². The van der Waals surface area contributed by atoms with E-state index in [1.807, 2.05) is 6.07 Å². The van der Waals surface area contributed by atoms with Crippen LogP contribution < -0.4 is 0 Å². The van der Waals surface area contributed by atoms with Gasteiger partial charge in [0.15, 0.2) is 0 Å². The van der Waals surface area contributed by atoms with E-state index in [0.717, 1.165) is 19.4 Å². The van der Waals surface area contributed by atoms with E-state index in [-0.39, 0.29) is 6.10 Å². The molecule has 2 nitrogen and oxygen atoms in total. The van der Waals surface area contributed by atoms with Gasteiger partial charge in [0.1, 0.15) is 0 Å². The van der Waals surface area contributed by atoms with Gasteiger partial charge < -0.3 is 5.11 Å². The highest BCUT2D eigenvalue weighted by atomic mass is 16.3. The second-order valence-corrected chi connectivity index (χ2v) is 4.09. The molecule has 0 bridgehead atoms. The second-order valence-electron chi connectivity index (χ2n) is 4.09. The summed E-state index contributed by atoms with van der Waals surface area (Å²) < 4.78 is 0. The molecule has 0 unspecified atom stereocenters. The lowest BCUT2D eigenvalue weighted by molar-refractivity contribution is 0.0552. The number of nitrogens with zero attached hydrogens (tertiary/aromatic N) is 1. The zero-order valence-corrected chi connectivity index (χ0v) is 8.56. The van der Waals surface area contributed by atoms with Crippen LogP contribution in [0.2, 0.25) is 0 Å². The number of aliphatic hydroxyl groups is 1. The minimum absolute atomic E-state index is 0.128. The molecule has 0 radical (unpaired) electrons. The van der Waals surface area contributed by atoms with Crippen LogP contribution >= 0.6 is 0 Å². The standard InChI is InChI=1S/C12H17NO/c1-13-8-7-11(14)9-12(13)10-5-3-2-4-6-10/h2-6,11-12,14H,7-9H2,1H3/t11-,12+/m1/s1. The largest absolute Gasteiger partial charge is 0.393 e. The molecular formula is C12H17NO. The number of piperidine rings is 1. The average molecular weight is 191 g/mol. The van der Waals surface area contributed by atoms with Gasteiger partial charge in [0.05, 0.1) is 6.10 Å². The van der Waals surface area contributed by atoms with E-state index in [4.69, 9.17) is 0 Å². The van der Waals surface area contributed by atoms with Crippen LogP contribution in [-0.4, -0.2) is 29.7 Å². The van der Waals surface area contributed by atoms with Crippen LogP contribution in [0.25, 0.3) is 0 Å². The van der Waals surface area contributed by atoms with Gasteiger partial charge in [-0.3, -0.25) is 4.90 Å². The van der Waals surface area contributed by atoms with E-state index in [1.165, 1.54) is 5.56 Å². The van der Waals surface area contributed by atoms with Crippen molar-refractivity contribution in [1.29, 1.82) is 0 Å². The maximum atomic E-state index is 9.63. The molecular weight excluding hydrogens is 174 g/mol. The molecule has 76 valence electrons. The zero-order chi connectivity index (χ0) is 9.97. The van der Waals surface area contributed by atoms with Gasteiger partial charge in [-0.2, -0.15) is 0 Å². The first kappa shape index (κ1) is 9.69. The van der Waals surface area contributed by atoms with E-state index in [2.05, 4.69) is 36.2 Å². The van der Waals surface area contributed by atoms with E-state index >= 15 is 0 Å². The summed E-state index contributed by atoms with van der Waals surface area (Å²) in [6.07, 6.45) is 1.64. The summed E-state index contributed by atoms with van der Waals surface area (Å²) in [5.41, 5.74) is 1.31. The van der Waals surface area contributed by atoms with Gasteiger partial charge in [0.25, 0.3) is 0 Å². The van der Waals surface area contributed by atoms with Gasteiger partial charge in [-0.1, -0.05) is 30.3 Å². The molecule has 0 aliphatic carbocycles. The first-order chi connectivity index (χ1) is 6.77. The molecule has 1 aliphatic rings. The molecule has 1 aliphatic heterocycles. The third-order valence-electron chi connectivity index (χ3n) is 3.03.